The SMILES string of the molecule is O=c1[nH]c(=O)n(-c2ccsc2)c(O)c1-c1ccc(Cl)cc1. The maximum Gasteiger partial charge on any atom is 0.335 e. The molecule has 0 amide bonds. The number of aromatic hydroxyl groups is 1. The van der Waals surface area contributed by atoms with Crippen molar-refractivity contribution < 1.29 is 5.11 Å². The van der Waals surface area contributed by atoms with Crippen molar-refractivity contribution in [2.24, 2.45) is 0 Å². The molecule has 0 radical (unpaired) electrons. The van der Waals surface area contributed by atoms with Gasteiger partial charge >= 0.3 is 5.69 Å². The van der Waals surface area contributed by atoms with Crippen LogP contribution in [-0.4, -0.2) is 14.7 Å². The molecule has 0 spiro atoms. The normalized spacial score (nSPS) is 10.7. The molecular formula is C14H9ClN2O3S. The number of thiophene rings is 1. The predicted octanol–water partition coefficient (Wildman–Crippen LogP) is 2.61. The average Bonchev–Trinajstić information content (AvgIpc) is 2.94. The summed E-state index contributed by atoms with van der Waals surface area (Å²) in [6.07, 6.45) is 0. The number of hydrogen-bond donors (Lipinski definition) is 2. The van der Waals surface area contributed by atoms with E-state index in [1.54, 1.807) is 41.1 Å². The number of H-pyrrole nitrogens is 1. The number of hydrogen-bond acceptors (Lipinski definition) is 4. The molecular weight excluding hydrogens is 312 g/mol. The van der Waals surface area contributed by atoms with E-state index in [9.17, 15) is 14.7 Å². The topological polar surface area (TPSA) is 75.1 Å². The van der Waals surface area contributed by atoms with E-state index in [2.05, 4.69) is 4.98 Å². The van der Waals surface area contributed by atoms with E-state index in [-0.39, 0.29) is 5.56 Å². The predicted molar refractivity (Wildman–Crippen MR) is 82.6 cm³/mol. The Hall–Kier alpha value is -2.31. The zero-order valence-electron chi connectivity index (χ0n) is 10.5. The number of nitrogens with zero attached hydrogens (tertiary/aromatic N) is 1. The zero-order chi connectivity index (χ0) is 15.0. The third kappa shape index (κ3) is 2.39. The molecule has 0 bridgehead atoms. The van der Waals surface area contributed by atoms with Crippen LogP contribution in [0.3, 0.4) is 0 Å². The second kappa shape index (κ2) is 5.23. The minimum Gasteiger partial charge on any atom is -0.494 e. The van der Waals surface area contributed by atoms with Crippen molar-refractivity contribution in [1.29, 1.82) is 0 Å². The molecule has 2 aromatic heterocycles. The molecule has 21 heavy (non-hydrogen) atoms. The monoisotopic (exact) mass is 320 g/mol. The van der Waals surface area contributed by atoms with Gasteiger partial charge in [-0.25, -0.2) is 9.36 Å². The van der Waals surface area contributed by atoms with Crippen molar-refractivity contribution in [3.05, 3.63) is 67.0 Å². The summed E-state index contributed by atoms with van der Waals surface area (Å²) in [5.74, 6) is -0.399. The molecule has 0 unspecified atom stereocenters. The molecule has 2 heterocycles. The van der Waals surface area contributed by atoms with Gasteiger partial charge in [-0.15, -0.1) is 0 Å². The lowest BCUT2D eigenvalue weighted by Crippen LogP contribution is -2.29. The van der Waals surface area contributed by atoms with Crippen LogP contribution < -0.4 is 11.2 Å². The highest BCUT2D eigenvalue weighted by atomic mass is 35.5. The van der Waals surface area contributed by atoms with Crippen molar-refractivity contribution >= 4 is 22.9 Å². The molecule has 0 fully saturated rings. The molecule has 106 valence electrons. The Labute approximate surface area is 127 Å². The Morgan fingerprint density at radius 2 is 1.86 bits per heavy atom. The molecule has 5 nitrogen and oxygen atoms in total. The molecule has 0 saturated carbocycles. The lowest BCUT2D eigenvalue weighted by atomic mass is 10.1. The van der Waals surface area contributed by atoms with Crippen LogP contribution in [0.5, 0.6) is 5.88 Å². The average molecular weight is 321 g/mol. The molecule has 0 atom stereocenters. The van der Waals surface area contributed by atoms with Crippen LogP contribution in [0.15, 0.2) is 50.7 Å². The third-order valence-corrected chi connectivity index (χ3v) is 3.91. The van der Waals surface area contributed by atoms with Gasteiger partial charge < -0.3 is 5.11 Å². The lowest BCUT2D eigenvalue weighted by molar-refractivity contribution is 0.434. The first-order valence-electron chi connectivity index (χ1n) is 5.95. The summed E-state index contributed by atoms with van der Waals surface area (Å²) >= 11 is 7.19. The first-order valence-corrected chi connectivity index (χ1v) is 7.27. The van der Waals surface area contributed by atoms with Crippen molar-refractivity contribution in [3.8, 4) is 22.7 Å². The van der Waals surface area contributed by atoms with E-state index in [0.29, 0.717) is 16.3 Å². The molecule has 0 aliphatic carbocycles. The summed E-state index contributed by atoms with van der Waals surface area (Å²) in [5, 5.41) is 14.3. The van der Waals surface area contributed by atoms with Crippen LogP contribution >= 0.6 is 22.9 Å². The highest BCUT2D eigenvalue weighted by Gasteiger charge is 2.17. The number of halogens is 1. The maximum atomic E-state index is 12.0. The smallest absolute Gasteiger partial charge is 0.335 e. The summed E-state index contributed by atoms with van der Waals surface area (Å²) in [4.78, 5) is 26.1. The molecule has 7 heteroatoms. The Balaban J connectivity index is 2.32. The summed E-state index contributed by atoms with van der Waals surface area (Å²) in [6, 6.07) is 8.10. The van der Waals surface area contributed by atoms with Crippen LogP contribution in [0.2, 0.25) is 5.02 Å². The molecule has 0 aliphatic rings. The number of benzene rings is 1. The van der Waals surface area contributed by atoms with E-state index in [1.165, 1.54) is 11.3 Å². The van der Waals surface area contributed by atoms with E-state index >= 15 is 0 Å². The van der Waals surface area contributed by atoms with Gasteiger partial charge in [0.25, 0.3) is 5.56 Å². The quantitative estimate of drug-likeness (QED) is 0.762. The highest BCUT2D eigenvalue weighted by molar-refractivity contribution is 7.08. The van der Waals surface area contributed by atoms with Crippen LogP contribution in [0.1, 0.15) is 0 Å². The molecule has 3 aromatic rings. The van der Waals surface area contributed by atoms with E-state index < -0.39 is 17.1 Å². The summed E-state index contributed by atoms with van der Waals surface area (Å²) in [5.41, 5.74) is -0.339. The van der Waals surface area contributed by atoms with E-state index in [1.807, 2.05) is 0 Å². The third-order valence-electron chi connectivity index (χ3n) is 2.98. The first kappa shape index (κ1) is 13.7. The van der Waals surface area contributed by atoms with Crippen LogP contribution in [0.25, 0.3) is 16.8 Å². The van der Waals surface area contributed by atoms with Gasteiger partial charge in [0.2, 0.25) is 5.88 Å². The summed E-state index contributed by atoms with van der Waals surface area (Å²) in [7, 11) is 0. The van der Waals surface area contributed by atoms with E-state index in [0.717, 1.165) is 4.57 Å². The minimum absolute atomic E-state index is 0.0254. The van der Waals surface area contributed by atoms with Crippen molar-refractivity contribution in [1.82, 2.24) is 9.55 Å². The number of aromatic amines is 1. The summed E-state index contributed by atoms with van der Waals surface area (Å²) in [6.45, 7) is 0. The van der Waals surface area contributed by atoms with Gasteiger partial charge in [0, 0.05) is 10.4 Å². The van der Waals surface area contributed by atoms with Gasteiger partial charge in [0.15, 0.2) is 0 Å². The highest BCUT2D eigenvalue weighted by Crippen LogP contribution is 2.27. The second-order valence-corrected chi connectivity index (χ2v) is 5.50. The standard InChI is InChI=1S/C14H9ClN2O3S/c15-9-3-1-8(2-4-9)11-12(18)16-14(20)17(13(11)19)10-5-6-21-7-10/h1-7,19H,(H,16,18,20). The lowest BCUT2D eigenvalue weighted by Gasteiger charge is -2.10. The number of nitrogens with one attached hydrogen (secondary N) is 1. The van der Waals surface area contributed by atoms with Crippen molar-refractivity contribution in [3.63, 3.8) is 0 Å². The zero-order valence-corrected chi connectivity index (χ0v) is 12.1. The number of rotatable bonds is 2. The first-order chi connectivity index (χ1) is 10.1. The maximum absolute atomic E-state index is 12.0. The molecule has 2 N–H and O–H groups in total. The van der Waals surface area contributed by atoms with Gasteiger partial charge in [-0.1, -0.05) is 23.7 Å². The fraction of sp³-hybridized carbons (Fsp3) is 0. The Bertz CT molecular complexity index is 895. The Morgan fingerprint density at radius 1 is 1.14 bits per heavy atom. The van der Waals surface area contributed by atoms with Crippen LogP contribution in [-0.2, 0) is 0 Å². The summed E-state index contributed by atoms with van der Waals surface area (Å²) < 4.78 is 1.06. The molecule has 3 rings (SSSR count). The van der Waals surface area contributed by atoms with Gasteiger partial charge in [-0.05, 0) is 29.1 Å². The van der Waals surface area contributed by atoms with Gasteiger partial charge in [-0.2, -0.15) is 11.3 Å². The van der Waals surface area contributed by atoms with Crippen molar-refractivity contribution in [2.75, 3.05) is 0 Å². The van der Waals surface area contributed by atoms with Crippen LogP contribution in [0, 0.1) is 0 Å². The Morgan fingerprint density at radius 3 is 2.48 bits per heavy atom. The van der Waals surface area contributed by atoms with Gasteiger partial charge in [-0.3, -0.25) is 9.78 Å². The fourth-order valence-corrected chi connectivity index (χ4v) is 2.77. The van der Waals surface area contributed by atoms with Gasteiger partial charge in [0.1, 0.15) is 5.56 Å². The van der Waals surface area contributed by atoms with E-state index in [4.69, 9.17) is 11.6 Å². The second-order valence-electron chi connectivity index (χ2n) is 4.28. The Kier molecular flexibility index (Phi) is 3.40. The van der Waals surface area contributed by atoms with Crippen LogP contribution in [0.4, 0.5) is 0 Å². The minimum atomic E-state index is -0.686. The number of aromatic nitrogens is 2. The van der Waals surface area contributed by atoms with Crippen molar-refractivity contribution in [2.45, 2.75) is 0 Å². The molecule has 1 aromatic carbocycles. The molecule has 0 saturated heterocycles. The largest absolute Gasteiger partial charge is 0.494 e. The fourth-order valence-electron chi connectivity index (χ4n) is 2.03. The van der Waals surface area contributed by atoms with Gasteiger partial charge in [0.05, 0.1) is 5.69 Å². The molecule has 0 aliphatic heterocycles.